The number of amides is 1. The lowest BCUT2D eigenvalue weighted by molar-refractivity contribution is -0.114. The van der Waals surface area contributed by atoms with Gasteiger partial charge in [-0.05, 0) is 18.1 Å². The molecule has 82 valence electrons. The molecule has 1 aromatic rings. The van der Waals surface area contributed by atoms with Crippen LogP contribution in [0.2, 0.25) is 0 Å². The molecule has 15 heavy (non-hydrogen) atoms. The summed E-state index contributed by atoms with van der Waals surface area (Å²) in [5.74, 6) is 0.356. The van der Waals surface area contributed by atoms with Crippen molar-refractivity contribution in [2.24, 2.45) is 0 Å². The number of anilines is 1. The van der Waals surface area contributed by atoms with Crippen molar-refractivity contribution in [1.82, 2.24) is 4.98 Å². The molecule has 0 atom stereocenters. The van der Waals surface area contributed by atoms with Crippen LogP contribution < -0.4 is 10.1 Å². The SMILES string of the molecule is CCCc1ccnc(OC)c1NC(C)=O. The van der Waals surface area contributed by atoms with Gasteiger partial charge in [0.25, 0.3) is 0 Å². The third-order valence-electron chi connectivity index (χ3n) is 2.02. The Morgan fingerprint density at radius 2 is 2.33 bits per heavy atom. The molecule has 0 aliphatic rings. The summed E-state index contributed by atoms with van der Waals surface area (Å²) >= 11 is 0. The summed E-state index contributed by atoms with van der Waals surface area (Å²) in [5, 5.41) is 2.75. The van der Waals surface area contributed by atoms with Gasteiger partial charge in [0.15, 0.2) is 0 Å². The van der Waals surface area contributed by atoms with Crippen molar-refractivity contribution in [3.05, 3.63) is 17.8 Å². The van der Waals surface area contributed by atoms with E-state index < -0.39 is 0 Å². The van der Waals surface area contributed by atoms with Crippen LogP contribution in [0.25, 0.3) is 0 Å². The third kappa shape index (κ3) is 2.94. The normalized spacial score (nSPS) is 9.80. The monoisotopic (exact) mass is 208 g/mol. The molecule has 0 fully saturated rings. The van der Waals surface area contributed by atoms with E-state index >= 15 is 0 Å². The van der Waals surface area contributed by atoms with Gasteiger partial charge in [0.1, 0.15) is 5.69 Å². The number of aromatic nitrogens is 1. The number of carbonyl (C=O) groups excluding carboxylic acids is 1. The highest BCUT2D eigenvalue weighted by Gasteiger charge is 2.10. The number of ether oxygens (including phenoxy) is 1. The number of nitrogens with one attached hydrogen (secondary N) is 1. The number of aryl methyl sites for hydroxylation is 1. The fraction of sp³-hybridized carbons (Fsp3) is 0.455. The molecular weight excluding hydrogens is 192 g/mol. The second kappa shape index (κ2) is 5.34. The minimum absolute atomic E-state index is 0.112. The summed E-state index contributed by atoms with van der Waals surface area (Å²) in [6, 6.07) is 1.90. The summed E-state index contributed by atoms with van der Waals surface area (Å²) in [4.78, 5) is 15.1. The van der Waals surface area contributed by atoms with Crippen molar-refractivity contribution < 1.29 is 9.53 Å². The fourth-order valence-electron chi connectivity index (χ4n) is 1.42. The average molecular weight is 208 g/mol. The number of hydrogen-bond acceptors (Lipinski definition) is 3. The zero-order chi connectivity index (χ0) is 11.3. The Bertz CT molecular complexity index is 350. The van der Waals surface area contributed by atoms with Crippen LogP contribution in [0, 0.1) is 0 Å². The standard InChI is InChI=1S/C11H16N2O2/c1-4-5-9-6-7-12-11(15-3)10(9)13-8(2)14/h6-7H,4-5H2,1-3H3,(H,13,14). The van der Waals surface area contributed by atoms with Gasteiger partial charge >= 0.3 is 0 Å². The van der Waals surface area contributed by atoms with Crippen LogP contribution in [-0.2, 0) is 11.2 Å². The maximum atomic E-state index is 11.0. The van der Waals surface area contributed by atoms with Crippen LogP contribution in [0.15, 0.2) is 12.3 Å². The smallest absolute Gasteiger partial charge is 0.237 e. The zero-order valence-electron chi connectivity index (χ0n) is 9.33. The third-order valence-corrected chi connectivity index (χ3v) is 2.02. The first-order valence-electron chi connectivity index (χ1n) is 4.98. The van der Waals surface area contributed by atoms with Gasteiger partial charge < -0.3 is 10.1 Å². The van der Waals surface area contributed by atoms with E-state index in [0.29, 0.717) is 11.6 Å². The molecular formula is C11H16N2O2. The Labute approximate surface area is 89.7 Å². The van der Waals surface area contributed by atoms with E-state index in [-0.39, 0.29) is 5.91 Å². The van der Waals surface area contributed by atoms with Gasteiger partial charge in [-0.3, -0.25) is 4.79 Å². The van der Waals surface area contributed by atoms with E-state index in [1.54, 1.807) is 13.3 Å². The van der Waals surface area contributed by atoms with E-state index in [0.717, 1.165) is 18.4 Å². The van der Waals surface area contributed by atoms with Crippen LogP contribution >= 0.6 is 0 Å². The molecule has 0 spiro atoms. The van der Waals surface area contributed by atoms with Crippen molar-refractivity contribution in [1.29, 1.82) is 0 Å². The maximum absolute atomic E-state index is 11.0. The minimum atomic E-state index is -0.112. The number of methoxy groups -OCH3 is 1. The fourth-order valence-corrected chi connectivity index (χ4v) is 1.42. The molecule has 0 bridgehead atoms. The van der Waals surface area contributed by atoms with Gasteiger partial charge in [-0.2, -0.15) is 0 Å². The number of nitrogens with zero attached hydrogens (tertiary/aromatic N) is 1. The predicted molar refractivity (Wildman–Crippen MR) is 59.1 cm³/mol. The molecule has 1 amide bonds. The molecule has 0 aliphatic carbocycles. The van der Waals surface area contributed by atoms with Crippen LogP contribution in [0.4, 0.5) is 5.69 Å². The Hall–Kier alpha value is -1.58. The van der Waals surface area contributed by atoms with Gasteiger partial charge in [-0.15, -0.1) is 0 Å². The molecule has 0 aromatic carbocycles. The van der Waals surface area contributed by atoms with E-state index in [9.17, 15) is 4.79 Å². The van der Waals surface area contributed by atoms with Crippen LogP contribution in [0.5, 0.6) is 5.88 Å². The van der Waals surface area contributed by atoms with Crippen molar-refractivity contribution in [2.75, 3.05) is 12.4 Å². The number of rotatable bonds is 4. The van der Waals surface area contributed by atoms with Gasteiger partial charge in [0, 0.05) is 13.1 Å². The van der Waals surface area contributed by atoms with Crippen LogP contribution in [-0.4, -0.2) is 18.0 Å². The molecule has 1 N–H and O–H groups in total. The largest absolute Gasteiger partial charge is 0.480 e. The highest BCUT2D eigenvalue weighted by molar-refractivity contribution is 5.91. The predicted octanol–water partition coefficient (Wildman–Crippen LogP) is 2.00. The molecule has 0 radical (unpaired) electrons. The maximum Gasteiger partial charge on any atom is 0.237 e. The van der Waals surface area contributed by atoms with Gasteiger partial charge in [0.05, 0.1) is 7.11 Å². The minimum Gasteiger partial charge on any atom is -0.480 e. The summed E-state index contributed by atoms with van der Waals surface area (Å²) < 4.78 is 5.11. The second-order valence-electron chi connectivity index (χ2n) is 3.29. The summed E-state index contributed by atoms with van der Waals surface area (Å²) in [5.41, 5.74) is 1.74. The van der Waals surface area contributed by atoms with Crippen LogP contribution in [0.3, 0.4) is 0 Å². The lowest BCUT2D eigenvalue weighted by Crippen LogP contribution is -2.10. The number of pyridine rings is 1. The first-order valence-corrected chi connectivity index (χ1v) is 4.98. The molecule has 1 heterocycles. The average Bonchev–Trinajstić information content (AvgIpc) is 2.20. The van der Waals surface area contributed by atoms with Gasteiger partial charge in [0.2, 0.25) is 11.8 Å². The van der Waals surface area contributed by atoms with E-state index in [2.05, 4.69) is 17.2 Å². The first-order chi connectivity index (χ1) is 7.19. The molecule has 4 nitrogen and oxygen atoms in total. The highest BCUT2D eigenvalue weighted by atomic mass is 16.5. The highest BCUT2D eigenvalue weighted by Crippen LogP contribution is 2.26. The Kier molecular flexibility index (Phi) is 4.09. The Morgan fingerprint density at radius 3 is 2.87 bits per heavy atom. The summed E-state index contributed by atoms with van der Waals surface area (Å²) in [6.07, 6.45) is 3.60. The van der Waals surface area contributed by atoms with Gasteiger partial charge in [-0.1, -0.05) is 13.3 Å². The zero-order valence-corrected chi connectivity index (χ0v) is 9.33. The van der Waals surface area contributed by atoms with Crippen molar-refractivity contribution >= 4 is 11.6 Å². The van der Waals surface area contributed by atoms with Crippen molar-refractivity contribution in [3.8, 4) is 5.88 Å². The topological polar surface area (TPSA) is 51.2 Å². The van der Waals surface area contributed by atoms with E-state index in [4.69, 9.17) is 4.74 Å². The Morgan fingerprint density at radius 1 is 1.60 bits per heavy atom. The lowest BCUT2D eigenvalue weighted by Gasteiger charge is -2.12. The second-order valence-corrected chi connectivity index (χ2v) is 3.29. The molecule has 0 saturated carbocycles. The van der Waals surface area contributed by atoms with E-state index in [1.807, 2.05) is 6.07 Å². The number of carbonyl (C=O) groups is 1. The Balaban J connectivity index is 3.08. The molecule has 1 aromatic heterocycles. The summed E-state index contributed by atoms with van der Waals surface area (Å²) in [7, 11) is 1.55. The molecule has 4 heteroatoms. The van der Waals surface area contributed by atoms with E-state index in [1.165, 1.54) is 6.92 Å². The quantitative estimate of drug-likeness (QED) is 0.823. The molecule has 1 rings (SSSR count). The van der Waals surface area contributed by atoms with Crippen LogP contribution in [0.1, 0.15) is 25.8 Å². The molecule has 0 aliphatic heterocycles. The molecule has 0 unspecified atom stereocenters. The van der Waals surface area contributed by atoms with Crippen molar-refractivity contribution in [3.63, 3.8) is 0 Å². The summed E-state index contributed by atoms with van der Waals surface area (Å²) in [6.45, 7) is 3.56. The van der Waals surface area contributed by atoms with Gasteiger partial charge in [-0.25, -0.2) is 4.98 Å². The molecule has 0 saturated heterocycles. The first kappa shape index (κ1) is 11.5. The number of hydrogen-bond donors (Lipinski definition) is 1. The van der Waals surface area contributed by atoms with Crippen molar-refractivity contribution in [2.45, 2.75) is 26.7 Å². The lowest BCUT2D eigenvalue weighted by atomic mass is 10.1.